The Labute approximate surface area is 103 Å². The molecule has 0 saturated heterocycles. The maximum atomic E-state index is 13.6. The van der Waals surface area contributed by atoms with Crippen LogP contribution in [0.1, 0.15) is 5.56 Å². The van der Waals surface area contributed by atoms with Gasteiger partial charge < -0.3 is 14.8 Å². The number of benzene rings is 1. The average Bonchev–Trinajstić information content (AvgIpc) is 2.26. The summed E-state index contributed by atoms with van der Waals surface area (Å²) in [4.78, 5) is 0. The van der Waals surface area contributed by atoms with E-state index in [0.717, 1.165) is 12.1 Å². The van der Waals surface area contributed by atoms with Crippen molar-refractivity contribution in [3.63, 3.8) is 0 Å². The summed E-state index contributed by atoms with van der Waals surface area (Å²) in [7, 11) is 4.83. The molecule has 0 atom stereocenters. The second-order valence-corrected chi connectivity index (χ2v) is 4.04. The van der Waals surface area contributed by atoms with Crippen molar-refractivity contribution in [3.8, 4) is 11.5 Å². The van der Waals surface area contributed by atoms with Gasteiger partial charge in [-0.1, -0.05) is 0 Å². The summed E-state index contributed by atoms with van der Waals surface area (Å²) in [5.74, 6) is 0.403. The van der Waals surface area contributed by atoms with Crippen molar-refractivity contribution in [1.82, 2.24) is 5.32 Å². The van der Waals surface area contributed by atoms with Gasteiger partial charge in [0.1, 0.15) is 10.2 Å². The molecule has 90 valence electrons. The molecule has 0 bridgehead atoms. The highest BCUT2D eigenvalue weighted by Gasteiger charge is 2.17. The molecule has 0 aliphatic rings. The smallest absolute Gasteiger partial charge is 0.172 e. The van der Waals surface area contributed by atoms with E-state index in [4.69, 9.17) is 9.47 Å². The van der Waals surface area contributed by atoms with E-state index in [0.29, 0.717) is 16.6 Å². The molecule has 0 heterocycles. The molecular weight excluding hydrogens is 277 g/mol. The number of rotatable bonds is 5. The fourth-order valence-electron chi connectivity index (χ4n) is 1.49. The summed E-state index contributed by atoms with van der Waals surface area (Å²) >= 11 is 3.28. The maximum Gasteiger partial charge on any atom is 0.172 e. The van der Waals surface area contributed by atoms with Gasteiger partial charge in [-0.25, -0.2) is 4.39 Å². The molecule has 0 aliphatic heterocycles. The van der Waals surface area contributed by atoms with Gasteiger partial charge in [0.2, 0.25) is 0 Å². The molecule has 0 aromatic heterocycles. The van der Waals surface area contributed by atoms with E-state index in [1.165, 1.54) is 13.2 Å². The van der Waals surface area contributed by atoms with Crippen LogP contribution in [0.5, 0.6) is 11.5 Å². The number of methoxy groups -OCH3 is 2. The molecule has 16 heavy (non-hydrogen) atoms. The number of nitrogens with one attached hydrogen (secondary N) is 1. The Morgan fingerprint density at radius 1 is 1.31 bits per heavy atom. The quantitative estimate of drug-likeness (QED) is 0.903. The molecule has 3 nitrogen and oxygen atoms in total. The molecule has 1 aromatic rings. The summed E-state index contributed by atoms with van der Waals surface area (Å²) in [6.45, 7) is 0.759. The summed E-state index contributed by atoms with van der Waals surface area (Å²) in [5.41, 5.74) is 0.807. The summed E-state index contributed by atoms with van der Waals surface area (Å²) in [6, 6.07) is 1.44. The molecule has 0 aliphatic carbocycles. The van der Waals surface area contributed by atoms with E-state index in [-0.39, 0.29) is 11.6 Å². The average molecular weight is 292 g/mol. The first-order valence-corrected chi connectivity index (χ1v) is 5.68. The van der Waals surface area contributed by atoms with Crippen molar-refractivity contribution in [2.75, 3.05) is 27.8 Å². The molecular formula is C11H15BrFNO2. The fourth-order valence-corrected chi connectivity index (χ4v) is 2.25. The molecule has 0 fully saturated rings. The zero-order chi connectivity index (χ0) is 12.1. The Morgan fingerprint density at radius 2 is 1.94 bits per heavy atom. The largest absolute Gasteiger partial charge is 0.495 e. The van der Waals surface area contributed by atoms with Crippen LogP contribution < -0.4 is 14.8 Å². The SMILES string of the molecule is CNCCc1cc(F)c(OC)c(Br)c1OC. The zero-order valence-corrected chi connectivity index (χ0v) is 11.1. The Hall–Kier alpha value is -0.810. The fraction of sp³-hybridized carbons (Fsp3) is 0.455. The van der Waals surface area contributed by atoms with Gasteiger partial charge in [0, 0.05) is 0 Å². The highest BCUT2D eigenvalue weighted by atomic mass is 79.9. The summed E-state index contributed by atoms with van der Waals surface area (Å²) < 4.78 is 24.4. The lowest BCUT2D eigenvalue weighted by atomic mass is 10.1. The van der Waals surface area contributed by atoms with Crippen molar-refractivity contribution < 1.29 is 13.9 Å². The Kier molecular flexibility index (Phi) is 5.02. The van der Waals surface area contributed by atoms with E-state index in [1.807, 2.05) is 7.05 Å². The monoisotopic (exact) mass is 291 g/mol. The molecule has 0 saturated carbocycles. The highest BCUT2D eigenvalue weighted by molar-refractivity contribution is 9.10. The van der Waals surface area contributed by atoms with Gasteiger partial charge in [-0.3, -0.25) is 0 Å². The molecule has 1 aromatic carbocycles. The van der Waals surface area contributed by atoms with Crippen LogP contribution in [0.25, 0.3) is 0 Å². The molecule has 1 rings (SSSR count). The van der Waals surface area contributed by atoms with Crippen LogP contribution in [-0.4, -0.2) is 27.8 Å². The number of halogens is 2. The predicted octanol–water partition coefficient (Wildman–Crippen LogP) is 2.37. The van der Waals surface area contributed by atoms with Crippen LogP contribution in [0.15, 0.2) is 10.5 Å². The van der Waals surface area contributed by atoms with Gasteiger partial charge in [-0.05, 0) is 47.6 Å². The van der Waals surface area contributed by atoms with Crippen LogP contribution >= 0.6 is 15.9 Å². The van der Waals surface area contributed by atoms with Gasteiger partial charge in [0.05, 0.1) is 14.2 Å². The minimum Gasteiger partial charge on any atom is -0.495 e. The van der Waals surface area contributed by atoms with Crippen molar-refractivity contribution in [2.24, 2.45) is 0 Å². The van der Waals surface area contributed by atoms with E-state index in [9.17, 15) is 4.39 Å². The number of ether oxygens (including phenoxy) is 2. The van der Waals surface area contributed by atoms with E-state index in [1.54, 1.807) is 7.11 Å². The Bertz CT molecular complexity index is 371. The van der Waals surface area contributed by atoms with Crippen LogP contribution in [0.2, 0.25) is 0 Å². The topological polar surface area (TPSA) is 30.5 Å². The first-order valence-electron chi connectivity index (χ1n) is 4.89. The molecule has 1 N–H and O–H groups in total. The first kappa shape index (κ1) is 13.3. The lowest BCUT2D eigenvalue weighted by Gasteiger charge is -2.14. The van der Waals surface area contributed by atoms with E-state index < -0.39 is 0 Å². The second-order valence-electron chi connectivity index (χ2n) is 3.25. The van der Waals surface area contributed by atoms with Crippen LogP contribution in [0, 0.1) is 5.82 Å². The summed E-state index contributed by atoms with van der Waals surface area (Å²) in [5, 5.41) is 3.01. The summed E-state index contributed by atoms with van der Waals surface area (Å²) in [6.07, 6.45) is 0.694. The van der Waals surface area contributed by atoms with Gasteiger partial charge in [-0.15, -0.1) is 0 Å². The minimum absolute atomic E-state index is 0.171. The van der Waals surface area contributed by atoms with Crippen molar-refractivity contribution in [1.29, 1.82) is 0 Å². The molecule has 0 spiro atoms. The van der Waals surface area contributed by atoms with Gasteiger partial charge in [0.15, 0.2) is 11.6 Å². The molecule has 5 heteroatoms. The highest BCUT2D eigenvalue weighted by Crippen LogP contribution is 2.39. The van der Waals surface area contributed by atoms with E-state index in [2.05, 4.69) is 21.2 Å². The third kappa shape index (κ3) is 2.65. The van der Waals surface area contributed by atoms with Crippen molar-refractivity contribution >= 4 is 15.9 Å². The van der Waals surface area contributed by atoms with Crippen LogP contribution in [-0.2, 0) is 6.42 Å². The molecule has 0 radical (unpaired) electrons. The normalized spacial score (nSPS) is 10.3. The Morgan fingerprint density at radius 3 is 2.44 bits per heavy atom. The molecule has 0 unspecified atom stereocenters. The third-order valence-electron chi connectivity index (χ3n) is 2.26. The molecule has 0 amide bonds. The van der Waals surface area contributed by atoms with Crippen LogP contribution in [0.3, 0.4) is 0 Å². The lowest BCUT2D eigenvalue weighted by molar-refractivity contribution is 0.366. The number of hydrogen-bond donors (Lipinski definition) is 1. The first-order chi connectivity index (χ1) is 7.65. The van der Waals surface area contributed by atoms with Crippen molar-refractivity contribution in [2.45, 2.75) is 6.42 Å². The maximum absolute atomic E-state index is 13.6. The number of likely N-dealkylation sites (N-methyl/N-ethyl adjacent to an activating group) is 1. The zero-order valence-electron chi connectivity index (χ0n) is 9.56. The minimum atomic E-state index is -0.388. The van der Waals surface area contributed by atoms with E-state index >= 15 is 0 Å². The van der Waals surface area contributed by atoms with Gasteiger partial charge in [0.25, 0.3) is 0 Å². The Balaban J connectivity index is 3.18. The third-order valence-corrected chi connectivity index (χ3v) is 2.98. The number of hydrogen-bond acceptors (Lipinski definition) is 3. The van der Waals surface area contributed by atoms with Crippen LogP contribution in [0.4, 0.5) is 4.39 Å². The predicted molar refractivity (Wildman–Crippen MR) is 64.8 cm³/mol. The van der Waals surface area contributed by atoms with Gasteiger partial charge >= 0.3 is 0 Å². The lowest BCUT2D eigenvalue weighted by Crippen LogP contribution is -2.11. The van der Waals surface area contributed by atoms with Crippen molar-refractivity contribution in [3.05, 3.63) is 21.9 Å². The second kappa shape index (κ2) is 6.06. The standard InChI is InChI=1S/C11H15BrFNO2/c1-14-5-4-7-6-8(13)11(16-3)9(12)10(7)15-2/h6,14H,4-5H2,1-3H3. The van der Waals surface area contributed by atoms with Gasteiger partial charge in [-0.2, -0.15) is 0 Å².